The van der Waals surface area contributed by atoms with Crippen LogP contribution < -0.4 is 4.74 Å². The van der Waals surface area contributed by atoms with E-state index in [1.54, 1.807) is 38.1 Å². The molecule has 0 spiro atoms. The summed E-state index contributed by atoms with van der Waals surface area (Å²) in [7, 11) is 3.31. The Bertz CT molecular complexity index is 685. The Balaban J connectivity index is 2.28. The highest BCUT2D eigenvalue weighted by Gasteiger charge is 2.21. The Kier molecular flexibility index (Phi) is 4.81. The number of amides is 1. The highest BCUT2D eigenvalue weighted by molar-refractivity contribution is 5.94. The first kappa shape index (κ1) is 16.0. The van der Waals surface area contributed by atoms with E-state index in [4.69, 9.17) is 4.74 Å². The highest BCUT2D eigenvalue weighted by Crippen LogP contribution is 2.29. The third-order valence-electron chi connectivity index (χ3n) is 3.91. The molecule has 116 valence electrons. The summed E-state index contributed by atoms with van der Waals surface area (Å²) in [6, 6.07) is 11.9. The number of halogens is 1. The average Bonchev–Trinajstić information content (AvgIpc) is 2.55. The predicted molar refractivity (Wildman–Crippen MR) is 84.6 cm³/mol. The van der Waals surface area contributed by atoms with Gasteiger partial charge in [0.25, 0.3) is 5.91 Å². The number of ether oxygens (including phenoxy) is 1. The summed E-state index contributed by atoms with van der Waals surface area (Å²) >= 11 is 0. The van der Waals surface area contributed by atoms with Gasteiger partial charge in [-0.3, -0.25) is 4.79 Å². The van der Waals surface area contributed by atoms with Crippen molar-refractivity contribution >= 4 is 5.91 Å². The van der Waals surface area contributed by atoms with Crippen LogP contribution in [0.15, 0.2) is 42.5 Å². The minimum atomic E-state index is -0.371. The lowest BCUT2D eigenvalue weighted by Gasteiger charge is -2.26. The van der Waals surface area contributed by atoms with Gasteiger partial charge in [-0.25, -0.2) is 4.39 Å². The SMILES string of the molecule is COc1ccccc1C(C)N(C)C(=O)c1ccc(C)c(F)c1. The first-order chi connectivity index (χ1) is 10.5. The number of hydrogen-bond acceptors (Lipinski definition) is 2. The second kappa shape index (κ2) is 6.60. The Morgan fingerprint density at radius 2 is 1.91 bits per heavy atom. The third kappa shape index (κ3) is 3.11. The summed E-state index contributed by atoms with van der Waals surface area (Å²) in [4.78, 5) is 14.1. The van der Waals surface area contributed by atoms with Crippen LogP contribution in [0.5, 0.6) is 5.75 Å². The molecule has 3 nitrogen and oxygen atoms in total. The van der Waals surface area contributed by atoms with Gasteiger partial charge in [-0.05, 0) is 37.6 Å². The number of benzene rings is 2. The molecule has 0 fully saturated rings. The Morgan fingerprint density at radius 3 is 2.55 bits per heavy atom. The molecule has 0 aliphatic carbocycles. The molecule has 22 heavy (non-hydrogen) atoms. The van der Waals surface area contributed by atoms with Crippen molar-refractivity contribution in [1.29, 1.82) is 0 Å². The maximum Gasteiger partial charge on any atom is 0.254 e. The summed E-state index contributed by atoms with van der Waals surface area (Å²) in [6.45, 7) is 3.59. The maximum absolute atomic E-state index is 13.7. The lowest BCUT2D eigenvalue weighted by atomic mass is 10.0. The second-order valence-corrected chi connectivity index (χ2v) is 5.30. The fourth-order valence-electron chi connectivity index (χ4n) is 2.33. The maximum atomic E-state index is 13.7. The fraction of sp³-hybridized carbons (Fsp3) is 0.278. The smallest absolute Gasteiger partial charge is 0.254 e. The second-order valence-electron chi connectivity index (χ2n) is 5.30. The van der Waals surface area contributed by atoms with Gasteiger partial charge in [-0.1, -0.05) is 24.3 Å². The zero-order chi connectivity index (χ0) is 16.3. The molecule has 0 saturated heterocycles. The van der Waals surface area contributed by atoms with Gasteiger partial charge in [-0.15, -0.1) is 0 Å². The summed E-state index contributed by atoms with van der Waals surface area (Å²) in [5, 5.41) is 0. The van der Waals surface area contributed by atoms with Crippen LogP contribution in [0.3, 0.4) is 0 Å². The number of hydrogen-bond donors (Lipinski definition) is 0. The largest absolute Gasteiger partial charge is 0.496 e. The van der Waals surface area contributed by atoms with Crippen LogP contribution in [0.4, 0.5) is 4.39 Å². The Morgan fingerprint density at radius 1 is 1.23 bits per heavy atom. The van der Waals surface area contributed by atoms with Gasteiger partial charge in [0.05, 0.1) is 13.2 Å². The van der Waals surface area contributed by atoms with E-state index in [-0.39, 0.29) is 17.8 Å². The van der Waals surface area contributed by atoms with Crippen LogP contribution in [0.25, 0.3) is 0 Å². The van der Waals surface area contributed by atoms with Crippen molar-refractivity contribution in [3.63, 3.8) is 0 Å². The first-order valence-electron chi connectivity index (χ1n) is 7.12. The lowest BCUT2D eigenvalue weighted by molar-refractivity contribution is 0.0740. The van der Waals surface area contributed by atoms with Gasteiger partial charge in [0.15, 0.2) is 0 Å². The summed E-state index contributed by atoms with van der Waals surface area (Å²) < 4.78 is 19.0. The molecular weight excluding hydrogens is 281 g/mol. The summed E-state index contributed by atoms with van der Waals surface area (Å²) in [6.07, 6.45) is 0. The average molecular weight is 301 g/mol. The number of aryl methyl sites for hydroxylation is 1. The molecule has 1 atom stereocenters. The molecule has 2 aromatic rings. The number of methoxy groups -OCH3 is 1. The van der Waals surface area contributed by atoms with Crippen molar-refractivity contribution < 1.29 is 13.9 Å². The van der Waals surface area contributed by atoms with Crippen molar-refractivity contribution in [2.75, 3.05) is 14.2 Å². The van der Waals surface area contributed by atoms with Gasteiger partial charge < -0.3 is 9.64 Å². The molecule has 1 amide bonds. The monoisotopic (exact) mass is 301 g/mol. The quantitative estimate of drug-likeness (QED) is 0.855. The fourth-order valence-corrected chi connectivity index (χ4v) is 2.33. The van der Waals surface area contributed by atoms with Crippen molar-refractivity contribution in [2.24, 2.45) is 0 Å². The molecule has 0 radical (unpaired) electrons. The van der Waals surface area contributed by atoms with Crippen molar-refractivity contribution in [2.45, 2.75) is 19.9 Å². The van der Waals surface area contributed by atoms with E-state index in [1.165, 1.54) is 6.07 Å². The van der Waals surface area contributed by atoms with Gasteiger partial charge in [0.1, 0.15) is 11.6 Å². The van der Waals surface area contributed by atoms with Gasteiger partial charge in [0, 0.05) is 18.2 Å². The highest BCUT2D eigenvalue weighted by atomic mass is 19.1. The number of carbonyl (C=O) groups is 1. The molecule has 0 N–H and O–H groups in total. The Hall–Kier alpha value is -2.36. The lowest BCUT2D eigenvalue weighted by Crippen LogP contribution is -2.30. The first-order valence-corrected chi connectivity index (χ1v) is 7.12. The molecule has 0 aliphatic rings. The number of nitrogens with zero attached hydrogens (tertiary/aromatic N) is 1. The van der Waals surface area contributed by atoms with Crippen LogP contribution in [0, 0.1) is 12.7 Å². The van der Waals surface area contributed by atoms with Crippen LogP contribution in [-0.4, -0.2) is 25.0 Å². The van der Waals surface area contributed by atoms with E-state index >= 15 is 0 Å². The number of rotatable bonds is 4. The zero-order valence-electron chi connectivity index (χ0n) is 13.3. The minimum Gasteiger partial charge on any atom is -0.496 e. The molecule has 0 bridgehead atoms. The van der Waals surface area contributed by atoms with E-state index < -0.39 is 0 Å². The van der Waals surface area contributed by atoms with Crippen molar-refractivity contribution in [3.8, 4) is 5.75 Å². The van der Waals surface area contributed by atoms with Crippen molar-refractivity contribution in [3.05, 3.63) is 65.0 Å². The normalized spacial score (nSPS) is 11.9. The van der Waals surface area contributed by atoms with Crippen LogP contribution in [-0.2, 0) is 0 Å². The van der Waals surface area contributed by atoms with Gasteiger partial charge >= 0.3 is 0 Å². The zero-order valence-corrected chi connectivity index (χ0v) is 13.3. The summed E-state index contributed by atoms with van der Waals surface area (Å²) in [5.41, 5.74) is 1.78. The molecule has 0 heterocycles. The van der Waals surface area contributed by atoms with E-state index in [1.807, 2.05) is 31.2 Å². The van der Waals surface area contributed by atoms with E-state index in [0.29, 0.717) is 11.1 Å². The minimum absolute atomic E-state index is 0.187. The standard InChI is InChI=1S/C18H20FNO2/c1-12-9-10-14(11-16(12)19)18(21)20(3)13(2)15-7-5-6-8-17(15)22-4/h5-11,13H,1-4H3. The van der Waals surface area contributed by atoms with E-state index in [2.05, 4.69) is 0 Å². The molecule has 0 saturated carbocycles. The number of para-hydroxylation sites is 1. The molecule has 4 heteroatoms. The third-order valence-corrected chi connectivity index (χ3v) is 3.91. The molecule has 0 aliphatic heterocycles. The van der Waals surface area contributed by atoms with E-state index in [9.17, 15) is 9.18 Å². The van der Waals surface area contributed by atoms with Crippen LogP contribution in [0.2, 0.25) is 0 Å². The molecular formula is C18H20FNO2. The predicted octanol–water partition coefficient (Wildman–Crippen LogP) is 3.98. The molecule has 0 aromatic heterocycles. The number of carbonyl (C=O) groups excluding carboxylic acids is 1. The van der Waals surface area contributed by atoms with E-state index in [0.717, 1.165) is 11.3 Å². The van der Waals surface area contributed by atoms with Crippen molar-refractivity contribution in [1.82, 2.24) is 4.90 Å². The van der Waals surface area contributed by atoms with Gasteiger partial charge in [0.2, 0.25) is 0 Å². The molecule has 1 unspecified atom stereocenters. The summed E-state index contributed by atoms with van der Waals surface area (Å²) in [5.74, 6) is 0.131. The van der Waals surface area contributed by atoms with Crippen LogP contribution in [0.1, 0.15) is 34.5 Å². The van der Waals surface area contributed by atoms with Gasteiger partial charge in [-0.2, -0.15) is 0 Å². The molecule has 2 aromatic carbocycles. The topological polar surface area (TPSA) is 29.5 Å². The van der Waals surface area contributed by atoms with Crippen LogP contribution >= 0.6 is 0 Å². The Labute approximate surface area is 130 Å². The molecule has 2 rings (SSSR count).